The number of benzene rings is 1. The fourth-order valence-electron chi connectivity index (χ4n) is 3.48. The van der Waals surface area contributed by atoms with Crippen LogP contribution in [-0.2, 0) is 14.0 Å². The Bertz CT molecular complexity index is 715. The molecule has 122 valence electrons. The van der Waals surface area contributed by atoms with Gasteiger partial charge in [0.05, 0.1) is 17.8 Å². The molecule has 0 saturated carbocycles. The van der Waals surface area contributed by atoms with E-state index in [1.54, 1.807) is 0 Å². The maximum absolute atomic E-state index is 6.23. The molecule has 1 unspecified atom stereocenters. The number of ether oxygens (including phenoxy) is 1. The third-order valence-corrected chi connectivity index (χ3v) is 5.66. The highest BCUT2D eigenvalue weighted by atomic mass is 16.7. The molecule has 2 fully saturated rings. The van der Waals surface area contributed by atoms with Crippen LogP contribution in [0.4, 0.5) is 0 Å². The van der Waals surface area contributed by atoms with Crippen molar-refractivity contribution in [1.82, 2.24) is 4.98 Å². The van der Waals surface area contributed by atoms with E-state index >= 15 is 0 Å². The summed E-state index contributed by atoms with van der Waals surface area (Å²) in [4.78, 5) is 3.45. The van der Waals surface area contributed by atoms with Crippen molar-refractivity contribution in [3.8, 4) is 0 Å². The molecule has 2 aliphatic heterocycles. The molecule has 1 aromatic carbocycles. The van der Waals surface area contributed by atoms with E-state index in [2.05, 4.69) is 57.1 Å². The summed E-state index contributed by atoms with van der Waals surface area (Å²) in [5.41, 5.74) is 2.89. The van der Waals surface area contributed by atoms with Crippen LogP contribution in [0.5, 0.6) is 0 Å². The number of nitrogens with one attached hydrogen (secondary N) is 1. The number of fused-ring (bicyclic) bond motifs is 1. The van der Waals surface area contributed by atoms with E-state index in [-0.39, 0.29) is 18.3 Å². The Morgan fingerprint density at radius 2 is 1.87 bits per heavy atom. The van der Waals surface area contributed by atoms with Gasteiger partial charge in [0, 0.05) is 35.1 Å². The SMILES string of the molecule is CC1(C)OB(c2cccc3c(C4CCOC4)c[nH]c23)OC1(C)C. The van der Waals surface area contributed by atoms with E-state index in [0.717, 1.165) is 30.6 Å². The molecule has 0 bridgehead atoms. The summed E-state index contributed by atoms with van der Waals surface area (Å²) < 4.78 is 18.0. The number of hydrogen-bond donors (Lipinski definition) is 1. The van der Waals surface area contributed by atoms with Crippen LogP contribution in [0.25, 0.3) is 10.9 Å². The van der Waals surface area contributed by atoms with E-state index in [9.17, 15) is 0 Å². The zero-order chi connectivity index (χ0) is 16.2. The lowest BCUT2D eigenvalue weighted by Crippen LogP contribution is -2.41. The summed E-state index contributed by atoms with van der Waals surface area (Å²) in [6.07, 6.45) is 3.21. The van der Waals surface area contributed by atoms with Gasteiger partial charge in [-0.25, -0.2) is 0 Å². The van der Waals surface area contributed by atoms with Crippen molar-refractivity contribution in [2.75, 3.05) is 13.2 Å². The smallest absolute Gasteiger partial charge is 0.399 e. The summed E-state index contributed by atoms with van der Waals surface area (Å²) in [6.45, 7) is 10.0. The summed E-state index contributed by atoms with van der Waals surface area (Å²) in [5, 5.41) is 1.26. The van der Waals surface area contributed by atoms with Crippen molar-refractivity contribution in [1.29, 1.82) is 0 Å². The average Bonchev–Trinajstić information content (AvgIpc) is 3.17. The van der Waals surface area contributed by atoms with Crippen molar-refractivity contribution in [2.24, 2.45) is 0 Å². The number of aromatic nitrogens is 1. The van der Waals surface area contributed by atoms with E-state index < -0.39 is 0 Å². The number of H-pyrrole nitrogens is 1. The Morgan fingerprint density at radius 3 is 2.52 bits per heavy atom. The van der Waals surface area contributed by atoms with Gasteiger partial charge in [-0.1, -0.05) is 18.2 Å². The normalized spacial score (nSPS) is 26.3. The molecule has 0 amide bonds. The minimum Gasteiger partial charge on any atom is -0.399 e. The molecule has 0 aliphatic carbocycles. The lowest BCUT2D eigenvalue weighted by molar-refractivity contribution is 0.00578. The van der Waals surface area contributed by atoms with E-state index in [1.165, 1.54) is 10.9 Å². The summed E-state index contributed by atoms with van der Waals surface area (Å²) in [7, 11) is -0.338. The molecular weight excluding hydrogens is 289 g/mol. The fraction of sp³-hybridized carbons (Fsp3) is 0.556. The molecule has 4 rings (SSSR count). The van der Waals surface area contributed by atoms with Crippen LogP contribution in [0, 0.1) is 0 Å². The molecular formula is C18H24BNO3. The molecule has 2 aromatic rings. The maximum atomic E-state index is 6.23. The van der Waals surface area contributed by atoms with Gasteiger partial charge in [-0.15, -0.1) is 0 Å². The summed E-state index contributed by atoms with van der Waals surface area (Å²) in [6, 6.07) is 6.36. The molecule has 2 saturated heterocycles. The number of aromatic amines is 1. The van der Waals surface area contributed by atoms with E-state index in [0.29, 0.717) is 5.92 Å². The van der Waals surface area contributed by atoms with Gasteiger partial charge in [-0.3, -0.25) is 0 Å². The zero-order valence-corrected chi connectivity index (χ0v) is 14.3. The Balaban J connectivity index is 1.74. The molecule has 5 heteroatoms. The van der Waals surface area contributed by atoms with Gasteiger partial charge in [-0.2, -0.15) is 0 Å². The number of hydrogen-bond acceptors (Lipinski definition) is 3. The number of rotatable bonds is 2. The molecule has 1 aromatic heterocycles. The second-order valence-corrected chi connectivity index (χ2v) is 7.66. The maximum Gasteiger partial charge on any atom is 0.497 e. The highest BCUT2D eigenvalue weighted by Gasteiger charge is 2.52. The number of para-hydroxylation sites is 1. The van der Waals surface area contributed by atoms with Gasteiger partial charge in [0.1, 0.15) is 0 Å². The lowest BCUT2D eigenvalue weighted by atomic mass is 9.77. The molecule has 23 heavy (non-hydrogen) atoms. The van der Waals surface area contributed by atoms with Crippen molar-refractivity contribution in [3.05, 3.63) is 30.0 Å². The van der Waals surface area contributed by atoms with Gasteiger partial charge in [0.25, 0.3) is 0 Å². The molecule has 2 aliphatic rings. The lowest BCUT2D eigenvalue weighted by Gasteiger charge is -2.32. The van der Waals surface area contributed by atoms with Crippen molar-refractivity contribution >= 4 is 23.5 Å². The van der Waals surface area contributed by atoms with Crippen LogP contribution in [0.1, 0.15) is 45.6 Å². The molecule has 0 spiro atoms. The second kappa shape index (κ2) is 5.10. The molecule has 1 atom stereocenters. The third-order valence-electron chi connectivity index (χ3n) is 5.66. The van der Waals surface area contributed by atoms with Crippen LogP contribution in [0.2, 0.25) is 0 Å². The zero-order valence-electron chi connectivity index (χ0n) is 14.3. The standard InChI is InChI=1S/C18H24BNO3/c1-17(2)18(3,4)23-19(22-17)15-7-5-6-13-14(10-20-16(13)15)12-8-9-21-11-12/h5-7,10,12,20H,8-9,11H2,1-4H3. The second-order valence-electron chi connectivity index (χ2n) is 7.66. The first-order valence-electron chi connectivity index (χ1n) is 8.42. The Morgan fingerprint density at radius 1 is 1.13 bits per heavy atom. The van der Waals surface area contributed by atoms with E-state index in [4.69, 9.17) is 14.0 Å². The van der Waals surface area contributed by atoms with Crippen LogP contribution < -0.4 is 5.46 Å². The first kappa shape index (κ1) is 15.2. The quantitative estimate of drug-likeness (QED) is 0.867. The third kappa shape index (κ3) is 2.33. The Labute approximate surface area is 137 Å². The topological polar surface area (TPSA) is 43.5 Å². The van der Waals surface area contributed by atoms with E-state index in [1.807, 2.05) is 0 Å². The molecule has 1 N–H and O–H groups in total. The highest BCUT2D eigenvalue weighted by Crippen LogP contribution is 2.37. The van der Waals surface area contributed by atoms with Crippen LogP contribution in [0.15, 0.2) is 24.4 Å². The van der Waals surface area contributed by atoms with Crippen molar-refractivity contribution in [3.63, 3.8) is 0 Å². The van der Waals surface area contributed by atoms with Gasteiger partial charge in [0.2, 0.25) is 0 Å². The molecule has 4 nitrogen and oxygen atoms in total. The largest absolute Gasteiger partial charge is 0.497 e. The van der Waals surface area contributed by atoms with Crippen LogP contribution in [-0.4, -0.2) is 36.5 Å². The average molecular weight is 313 g/mol. The first-order valence-corrected chi connectivity index (χ1v) is 8.42. The Kier molecular flexibility index (Phi) is 3.38. The van der Waals surface area contributed by atoms with Crippen molar-refractivity contribution < 1.29 is 14.0 Å². The highest BCUT2D eigenvalue weighted by molar-refractivity contribution is 6.65. The van der Waals surface area contributed by atoms with Crippen LogP contribution >= 0.6 is 0 Å². The first-order chi connectivity index (χ1) is 10.9. The van der Waals surface area contributed by atoms with Gasteiger partial charge < -0.3 is 19.0 Å². The fourth-order valence-corrected chi connectivity index (χ4v) is 3.48. The predicted molar refractivity (Wildman–Crippen MR) is 92.2 cm³/mol. The summed E-state index contributed by atoms with van der Waals surface area (Å²) >= 11 is 0. The molecule has 0 radical (unpaired) electrons. The van der Waals surface area contributed by atoms with Crippen molar-refractivity contribution in [2.45, 2.75) is 51.2 Å². The molecule has 3 heterocycles. The van der Waals surface area contributed by atoms with Gasteiger partial charge in [-0.05, 0) is 39.7 Å². The van der Waals surface area contributed by atoms with Crippen LogP contribution in [0.3, 0.4) is 0 Å². The Hall–Kier alpha value is -1.30. The predicted octanol–water partition coefficient (Wildman–Crippen LogP) is 2.97. The minimum absolute atomic E-state index is 0.325. The monoisotopic (exact) mass is 313 g/mol. The van der Waals surface area contributed by atoms with Gasteiger partial charge in [0.15, 0.2) is 0 Å². The van der Waals surface area contributed by atoms with Gasteiger partial charge >= 0.3 is 7.12 Å². The summed E-state index contributed by atoms with van der Waals surface area (Å²) in [5.74, 6) is 0.484. The minimum atomic E-state index is -0.338.